The summed E-state index contributed by atoms with van der Waals surface area (Å²) in [4.78, 5) is 40.0. The summed E-state index contributed by atoms with van der Waals surface area (Å²) in [6.07, 6.45) is 5.96. The Kier molecular flexibility index (Phi) is 7.45. The van der Waals surface area contributed by atoms with Gasteiger partial charge in [-0.25, -0.2) is 8.78 Å². The van der Waals surface area contributed by atoms with Crippen LogP contribution in [0.3, 0.4) is 0 Å². The van der Waals surface area contributed by atoms with Gasteiger partial charge in [0.05, 0.1) is 39.5 Å². The van der Waals surface area contributed by atoms with E-state index in [0.29, 0.717) is 32.3 Å². The van der Waals surface area contributed by atoms with E-state index >= 15 is 8.78 Å². The molecule has 0 fully saturated rings. The van der Waals surface area contributed by atoms with Gasteiger partial charge in [0.1, 0.15) is 11.6 Å². The maximum absolute atomic E-state index is 15.1. The van der Waals surface area contributed by atoms with Crippen LogP contribution in [0, 0.1) is 30.9 Å². The Balaban J connectivity index is 1.75. The van der Waals surface area contributed by atoms with Crippen LogP contribution >= 0.6 is 27.0 Å². The fraction of sp³-hybridized carbons (Fsp3) is 0.333. The molecule has 0 radical (unpaired) electrons. The molecule has 0 aromatic heterocycles. The van der Waals surface area contributed by atoms with Gasteiger partial charge in [-0.3, -0.25) is 9.13 Å². The van der Waals surface area contributed by atoms with E-state index in [1.165, 1.54) is 0 Å². The number of fused-ring (bicyclic) bond motifs is 2. The van der Waals surface area contributed by atoms with Gasteiger partial charge in [-0.05, 0) is 49.9 Å². The summed E-state index contributed by atoms with van der Waals surface area (Å²) in [7, 11) is -8.69. The molecule has 2 aliphatic rings. The first-order valence-electron chi connectivity index (χ1n) is 11.2. The Bertz CT molecular complexity index is 1250. The van der Waals surface area contributed by atoms with Gasteiger partial charge in [0, 0.05) is 5.41 Å². The lowest BCUT2D eigenvalue weighted by molar-refractivity contribution is 0.347. The van der Waals surface area contributed by atoms with E-state index in [1.54, 1.807) is 67.3 Å². The van der Waals surface area contributed by atoms with Gasteiger partial charge in [-0.2, -0.15) is 0 Å². The predicted molar refractivity (Wildman–Crippen MR) is 136 cm³/mol. The van der Waals surface area contributed by atoms with E-state index in [1.807, 2.05) is 0 Å². The second-order valence-electron chi connectivity index (χ2n) is 9.28. The molecule has 7 nitrogen and oxygen atoms in total. The Hall–Kier alpha value is -1.77. The average Bonchev–Trinajstić information content (AvgIpc) is 2.80. The number of aryl methyl sites for hydroxylation is 2. The molecule has 12 heteroatoms. The van der Waals surface area contributed by atoms with Gasteiger partial charge in [0.25, 0.3) is 0 Å². The van der Waals surface area contributed by atoms with Crippen molar-refractivity contribution in [2.45, 2.75) is 42.5 Å². The van der Waals surface area contributed by atoms with Crippen LogP contribution in [0.25, 0.3) is 0 Å². The van der Waals surface area contributed by atoms with Crippen molar-refractivity contribution in [3.63, 3.8) is 0 Å². The molecule has 0 saturated heterocycles. The quantitative estimate of drug-likeness (QED) is 0.249. The van der Waals surface area contributed by atoms with Crippen molar-refractivity contribution in [1.82, 2.24) is 0 Å². The minimum atomic E-state index is -4.35. The van der Waals surface area contributed by atoms with Crippen molar-refractivity contribution in [2.24, 2.45) is 5.41 Å². The molecule has 36 heavy (non-hydrogen) atoms. The standard InChI is InChI=1S/C24H27F2NO6P2S/c1-15-3-5-18-22(20(15)25)36-23-19(6-4-16(2)21(23)26)27(18)17-7-9-24(10-8-17,11-13-34(28,29)30)12-14-35(31,32)33/h3-10,17H,11-14H2,1-2H3,(H2,28,29,30)(H2,31,32,33). The molecule has 4 N–H and O–H groups in total. The number of rotatable bonds is 7. The Morgan fingerprint density at radius 2 is 1.25 bits per heavy atom. The monoisotopic (exact) mass is 557 g/mol. The Morgan fingerprint density at radius 1 is 0.833 bits per heavy atom. The van der Waals surface area contributed by atoms with Crippen LogP contribution in [0.15, 0.2) is 58.4 Å². The predicted octanol–water partition coefficient (Wildman–Crippen LogP) is 5.80. The molecule has 0 saturated carbocycles. The molecule has 0 atom stereocenters. The van der Waals surface area contributed by atoms with E-state index in [0.717, 1.165) is 11.8 Å². The summed E-state index contributed by atoms with van der Waals surface area (Å²) in [5.74, 6) is -0.870. The lowest BCUT2D eigenvalue weighted by atomic mass is 9.78. The summed E-state index contributed by atoms with van der Waals surface area (Å²) >= 11 is 1.04. The molecule has 2 aromatic rings. The third kappa shape index (κ3) is 5.70. The fourth-order valence-electron chi connectivity index (χ4n) is 4.45. The topological polar surface area (TPSA) is 118 Å². The highest BCUT2D eigenvalue weighted by Gasteiger charge is 2.36. The molecule has 1 aliphatic heterocycles. The molecule has 0 amide bonds. The first-order chi connectivity index (χ1) is 16.7. The number of allylic oxidation sites excluding steroid dienone is 2. The molecule has 194 valence electrons. The average molecular weight is 557 g/mol. The lowest BCUT2D eigenvalue weighted by Crippen LogP contribution is -2.34. The van der Waals surface area contributed by atoms with Crippen LogP contribution < -0.4 is 4.90 Å². The highest BCUT2D eigenvalue weighted by molar-refractivity contribution is 7.99. The SMILES string of the molecule is Cc1ccc2c(c1F)Sc1c(ccc(C)c1F)N2C1C=CC(CCP(=O)(O)O)(CCP(=O)(O)O)C=C1. The minimum absolute atomic E-state index is 0.0122. The van der Waals surface area contributed by atoms with Gasteiger partial charge < -0.3 is 24.5 Å². The number of hydrogen-bond acceptors (Lipinski definition) is 4. The summed E-state index contributed by atoms with van der Waals surface area (Å²) in [6.45, 7) is 3.28. The van der Waals surface area contributed by atoms with Gasteiger partial charge in [-0.1, -0.05) is 48.2 Å². The van der Waals surface area contributed by atoms with Crippen molar-refractivity contribution in [3.05, 3.63) is 71.3 Å². The number of anilines is 2. The van der Waals surface area contributed by atoms with E-state index in [9.17, 15) is 28.7 Å². The summed E-state index contributed by atoms with van der Waals surface area (Å²) in [6, 6.07) is 6.35. The largest absolute Gasteiger partial charge is 0.329 e. The maximum Gasteiger partial charge on any atom is 0.325 e. The van der Waals surface area contributed by atoms with Gasteiger partial charge >= 0.3 is 15.2 Å². The lowest BCUT2D eigenvalue weighted by Gasteiger charge is -2.40. The number of halogens is 2. The molecule has 0 unspecified atom stereocenters. The van der Waals surface area contributed by atoms with Crippen molar-refractivity contribution < 1.29 is 37.5 Å². The van der Waals surface area contributed by atoms with Crippen LogP contribution in [-0.2, 0) is 9.13 Å². The fourth-order valence-corrected chi connectivity index (χ4v) is 7.12. The first kappa shape index (κ1) is 27.3. The Morgan fingerprint density at radius 3 is 1.64 bits per heavy atom. The molecule has 4 rings (SSSR count). The minimum Gasteiger partial charge on any atom is -0.329 e. The number of nitrogens with zero attached hydrogens (tertiary/aromatic N) is 1. The molecule has 1 heterocycles. The van der Waals surface area contributed by atoms with E-state index < -0.39 is 50.6 Å². The van der Waals surface area contributed by atoms with Crippen LogP contribution in [0.5, 0.6) is 0 Å². The van der Waals surface area contributed by atoms with E-state index in [4.69, 9.17) is 0 Å². The zero-order valence-electron chi connectivity index (χ0n) is 19.6. The second-order valence-corrected chi connectivity index (χ2v) is 13.9. The van der Waals surface area contributed by atoms with Gasteiger partial charge in [0.2, 0.25) is 0 Å². The van der Waals surface area contributed by atoms with Crippen molar-refractivity contribution in [3.8, 4) is 0 Å². The van der Waals surface area contributed by atoms with Crippen LogP contribution in [0.1, 0.15) is 24.0 Å². The normalized spacial score (nSPS) is 17.3. The molecular weight excluding hydrogens is 530 g/mol. The zero-order valence-corrected chi connectivity index (χ0v) is 22.2. The van der Waals surface area contributed by atoms with Crippen molar-refractivity contribution in [1.29, 1.82) is 0 Å². The van der Waals surface area contributed by atoms with E-state index in [-0.39, 0.29) is 12.8 Å². The zero-order chi connectivity index (χ0) is 26.5. The smallest absolute Gasteiger partial charge is 0.325 e. The van der Waals surface area contributed by atoms with Crippen LogP contribution in [-0.4, -0.2) is 37.9 Å². The van der Waals surface area contributed by atoms with Gasteiger partial charge in [-0.15, -0.1) is 0 Å². The van der Waals surface area contributed by atoms with Crippen LogP contribution in [0.4, 0.5) is 20.2 Å². The van der Waals surface area contributed by atoms with E-state index in [2.05, 4.69) is 0 Å². The highest BCUT2D eigenvalue weighted by Crippen LogP contribution is 2.53. The van der Waals surface area contributed by atoms with Crippen molar-refractivity contribution >= 4 is 38.3 Å². The molecule has 0 bridgehead atoms. The van der Waals surface area contributed by atoms with Crippen molar-refractivity contribution in [2.75, 3.05) is 17.2 Å². The number of benzene rings is 2. The Labute approximate surface area is 212 Å². The third-order valence-corrected chi connectivity index (χ3v) is 9.35. The summed E-state index contributed by atoms with van der Waals surface area (Å²) in [5, 5.41) is 0. The number of hydrogen-bond donors (Lipinski definition) is 4. The van der Waals surface area contributed by atoms with Crippen LogP contribution in [0.2, 0.25) is 0 Å². The summed E-state index contributed by atoms with van der Waals surface area (Å²) < 4.78 is 53.4. The molecule has 1 aliphatic carbocycles. The second kappa shape index (κ2) is 9.84. The maximum atomic E-state index is 15.1. The molecular formula is C24H27F2NO6P2S. The third-order valence-electron chi connectivity index (χ3n) is 6.55. The summed E-state index contributed by atoms with van der Waals surface area (Å²) in [5.41, 5.74) is 0.987. The molecule has 2 aromatic carbocycles. The first-order valence-corrected chi connectivity index (χ1v) is 15.6. The molecule has 0 spiro atoms. The van der Waals surface area contributed by atoms with Gasteiger partial charge in [0.15, 0.2) is 0 Å². The highest BCUT2D eigenvalue weighted by atomic mass is 32.2.